The standard InChI is InChI=1S/C37H34O7/c1-44-37-29(21-26-12-6-8-14-31(26)39)35(42)28(36(43)34(37)33(41)18-15-23-9-3-2-4-10-23)22-27-20-24(16-17-32(27)40)19-25-11-5-7-13-30(25)38/h2-14,16-17,20,38-40,42-43H,15,18-19,21-22H2,1H3. The summed E-state index contributed by atoms with van der Waals surface area (Å²) in [5.74, 6) is -0.963. The van der Waals surface area contributed by atoms with Crippen molar-refractivity contribution in [1.29, 1.82) is 0 Å². The molecule has 0 spiro atoms. The molecule has 224 valence electrons. The predicted octanol–water partition coefficient (Wildman–Crippen LogP) is 6.81. The number of carbonyl (C=O) groups excluding carboxylic acids is 1. The van der Waals surface area contributed by atoms with E-state index in [9.17, 15) is 30.3 Å². The molecule has 0 bridgehead atoms. The number of aromatic hydroxyl groups is 5. The fraction of sp³-hybridized carbons (Fsp3) is 0.162. The number of rotatable bonds is 11. The number of phenols is 5. The first-order valence-electron chi connectivity index (χ1n) is 14.3. The van der Waals surface area contributed by atoms with Gasteiger partial charge in [-0.2, -0.15) is 0 Å². The molecule has 0 aliphatic heterocycles. The quantitative estimate of drug-likeness (QED) is 0.107. The van der Waals surface area contributed by atoms with E-state index in [0.717, 1.165) is 11.1 Å². The molecule has 5 aromatic rings. The van der Waals surface area contributed by atoms with Crippen LogP contribution in [0.25, 0.3) is 0 Å². The van der Waals surface area contributed by atoms with E-state index in [4.69, 9.17) is 4.74 Å². The number of ketones is 1. The molecule has 5 N–H and O–H groups in total. The lowest BCUT2D eigenvalue weighted by atomic mass is 9.89. The van der Waals surface area contributed by atoms with Crippen LogP contribution in [0.4, 0.5) is 0 Å². The van der Waals surface area contributed by atoms with Crippen LogP contribution in [0.15, 0.2) is 97.1 Å². The topological polar surface area (TPSA) is 127 Å². The third-order valence-electron chi connectivity index (χ3n) is 7.82. The highest BCUT2D eigenvalue weighted by Crippen LogP contribution is 2.46. The Morgan fingerprint density at radius 2 is 1.16 bits per heavy atom. The zero-order chi connectivity index (χ0) is 31.2. The van der Waals surface area contributed by atoms with E-state index in [0.29, 0.717) is 29.5 Å². The van der Waals surface area contributed by atoms with E-state index in [2.05, 4.69) is 0 Å². The van der Waals surface area contributed by atoms with Crippen LogP contribution >= 0.6 is 0 Å². The highest BCUT2D eigenvalue weighted by atomic mass is 16.5. The summed E-state index contributed by atoms with van der Waals surface area (Å²) in [7, 11) is 1.37. The largest absolute Gasteiger partial charge is 0.508 e. The van der Waals surface area contributed by atoms with Crippen LogP contribution < -0.4 is 4.74 Å². The minimum atomic E-state index is -0.427. The summed E-state index contributed by atoms with van der Waals surface area (Å²) in [5, 5.41) is 54.7. The second kappa shape index (κ2) is 13.3. The summed E-state index contributed by atoms with van der Waals surface area (Å²) in [6.45, 7) is 0. The SMILES string of the molecule is COc1c(Cc2ccccc2O)c(O)c(Cc2cc(Cc3ccccc3O)ccc2O)c(O)c1C(=O)CCc1ccccc1. The van der Waals surface area contributed by atoms with Crippen molar-refractivity contribution < 1.29 is 35.1 Å². The van der Waals surface area contributed by atoms with Crippen molar-refractivity contribution in [3.05, 3.63) is 142 Å². The third-order valence-corrected chi connectivity index (χ3v) is 7.82. The van der Waals surface area contributed by atoms with Crippen molar-refractivity contribution in [3.63, 3.8) is 0 Å². The Balaban J connectivity index is 1.59. The van der Waals surface area contributed by atoms with E-state index in [1.165, 1.54) is 19.2 Å². The normalized spacial score (nSPS) is 10.9. The van der Waals surface area contributed by atoms with Crippen LogP contribution in [0, 0.1) is 0 Å². The number of ether oxygens (including phenoxy) is 1. The molecule has 0 amide bonds. The van der Waals surface area contributed by atoms with Crippen molar-refractivity contribution in [2.24, 2.45) is 0 Å². The monoisotopic (exact) mass is 590 g/mol. The lowest BCUT2D eigenvalue weighted by molar-refractivity contribution is 0.0976. The number of benzene rings is 5. The van der Waals surface area contributed by atoms with Crippen LogP contribution in [0.3, 0.4) is 0 Å². The summed E-state index contributed by atoms with van der Waals surface area (Å²) >= 11 is 0. The lowest BCUT2D eigenvalue weighted by Gasteiger charge is -2.21. The smallest absolute Gasteiger partial charge is 0.170 e. The molecule has 7 nitrogen and oxygen atoms in total. The van der Waals surface area contributed by atoms with Crippen molar-refractivity contribution >= 4 is 5.78 Å². The molecule has 5 rings (SSSR count). The Labute approximate surface area is 255 Å². The van der Waals surface area contributed by atoms with Crippen molar-refractivity contribution in [2.75, 3.05) is 7.11 Å². The molecule has 0 aromatic heterocycles. The van der Waals surface area contributed by atoms with Gasteiger partial charge in [-0.25, -0.2) is 0 Å². The third kappa shape index (κ3) is 6.47. The van der Waals surface area contributed by atoms with E-state index < -0.39 is 5.75 Å². The van der Waals surface area contributed by atoms with Gasteiger partial charge in [0.15, 0.2) is 5.78 Å². The Morgan fingerprint density at radius 3 is 1.80 bits per heavy atom. The minimum absolute atomic E-state index is 0.00930. The molecule has 0 unspecified atom stereocenters. The summed E-state index contributed by atoms with van der Waals surface area (Å²) in [4.78, 5) is 13.7. The zero-order valence-electron chi connectivity index (χ0n) is 24.3. The molecule has 0 saturated heterocycles. The number of hydrogen-bond acceptors (Lipinski definition) is 7. The van der Waals surface area contributed by atoms with Crippen LogP contribution in [-0.4, -0.2) is 38.4 Å². The van der Waals surface area contributed by atoms with E-state index in [-0.39, 0.29) is 70.5 Å². The fourth-order valence-corrected chi connectivity index (χ4v) is 5.47. The maximum absolute atomic E-state index is 13.7. The zero-order valence-corrected chi connectivity index (χ0v) is 24.3. The van der Waals surface area contributed by atoms with Crippen LogP contribution in [0.2, 0.25) is 0 Å². The maximum atomic E-state index is 13.7. The number of methoxy groups -OCH3 is 1. The number of para-hydroxylation sites is 2. The van der Waals surface area contributed by atoms with Gasteiger partial charge in [-0.05, 0) is 52.4 Å². The van der Waals surface area contributed by atoms with Crippen molar-refractivity contribution in [1.82, 2.24) is 0 Å². The van der Waals surface area contributed by atoms with Gasteiger partial charge in [0.1, 0.15) is 40.1 Å². The van der Waals surface area contributed by atoms with Crippen molar-refractivity contribution in [3.8, 4) is 34.5 Å². The van der Waals surface area contributed by atoms with Crippen molar-refractivity contribution in [2.45, 2.75) is 32.1 Å². The summed E-state index contributed by atoms with van der Waals surface area (Å²) < 4.78 is 5.65. The second-order valence-corrected chi connectivity index (χ2v) is 10.7. The number of hydrogen-bond donors (Lipinski definition) is 5. The number of aryl methyl sites for hydroxylation is 1. The predicted molar refractivity (Wildman–Crippen MR) is 168 cm³/mol. The average molecular weight is 591 g/mol. The molecule has 0 fully saturated rings. The van der Waals surface area contributed by atoms with Gasteiger partial charge in [0.25, 0.3) is 0 Å². The van der Waals surface area contributed by atoms with Gasteiger partial charge in [0, 0.05) is 36.8 Å². The molecule has 0 aliphatic carbocycles. The number of Topliss-reactive ketones (excluding diaryl/α,β-unsaturated/α-hetero) is 1. The van der Waals surface area contributed by atoms with Gasteiger partial charge in [0.2, 0.25) is 0 Å². The van der Waals surface area contributed by atoms with E-state index in [1.807, 2.05) is 42.5 Å². The molecule has 7 heteroatoms. The molecule has 0 radical (unpaired) electrons. The van der Waals surface area contributed by atoms with Gasteiger partial charge in [-0.15, -0.1) is 0 Å². The molecular weight excluding hydrogens is 556 g/mol. The Morgan fingerprint density at radius 1 is 0.591 bits per heavy atom. The van der Waals surface area contributed by atoms with Gasteiger partial charge in [-0.3, -0.25) is 4.79 Å². The summed E-state index contributed by atoms with van der Waals surface area (Å²) in [6.07, 6.45) is 0.822. The minimum Gasteiger partial charge on any atom is -0.508 e. The molecule has 5 aromatic carbocycles. The van der Waals surface area contributed by atoms with Gasteiger partial charge in [-0.1, -0.05) is 78.9 Å². The van der Waals surface area contributed by atoms with Gasteiger partial charge < -0.3 is 30.3 Å². The summed E-state index contributed by atoms with van der Waals surface area (Å²) in [6, 6.07) is 28.1. The molecule has 0 aliphatic rings. The molecule has 0 heterocycles. The fourth-order valence-electron chi connectivity index (χ4n) is 5.47. The van der Waals surface area contributed by atoms with E-state index in [1.54, 1.807) is 42.5 Å². The lowest BCUT2D eigenvalue weighted by Crippen LogP contribution is -2.10. The van der Waals surface area contributed by atoms with E-state index >= 15 is 0 Å². The Kier molecular flexibility index (Phi) is 9.05. The Hall–Kier alpha value is -5.43. The van der Waals surface area contributed by atoms with Gasteiger partial charge >= 0.3 is 0 Å². The molecule has 0 saturated carbocycles. The molecular formula is C37H34O7. The highest BCUT2D eigenvalue weighted by molar-refractivity contribution is 6.03. The molecule has 44 heavy (non-hydrogen) atoms. The highest BCUT2D eigenvalue weighted by Gasteiger charge is 2.29. The van der Waals surface area contributed by atoms with Crippen LogP contribution in [0.1, 0.15) is 55.7 Å². The molecule has 0 atom stereocenters. The average Bonchev–Trinajstić information content (AvgIpc) is 3.03. The first kappa shape index (κ1) is 30.0. The number of phenolic OH excluding ortho intramolecular Hbond substituents is 5. The Bertz CT molecular complexity index is 1790. The van der Waals surface area contributed by atoms with Gasteiger partial charge in [0.05, 0.1) is 7.11 Å². The first-order chi connectivity index (χ1) is 21.3. The maximum Gasteiger partial charge on any atom is 0.170 e. The van der Waals surface area contributed by atoms with Crippen LogP contribution in [-0.2, 0) is 25.7 Å². The van der Waals surface area contributed by atoms with Crippen LogP contribution in [0.5, 0.6) is 34.5 Å². The first-order valence-corrected chi connectivity index (χ1v) is 14.3. The summed E-state index contributed by atoms with van der Waals surface area (Å²) in [5.41, 5.74) is 3.57. The second-order valence-electron chi connectivity index (χ2n) is 10.7. The number of carbonyl (C=O) groups is 1.